The van der Waals surface area contributed by atoms with Gasteiger partial charge in [-0.3, -0.25) is 84.3 Å². The van der Waals surface area contributed by atoms with Gasteiger partial charge in [0.05, 0.1) is 158 Å². The number of aliphatic hydroxyl groups is 1. The molecule has 558 valence electrons. The largest absolute Gasteiger partial charge is 0.495 e. The minimum absolute atomic E-state index is 0.0285. The molecule has 5 heterocycles. The zero-order valence-electron chi connectivity index (χ0n) is 59.5. The number of carbonyl (C=O) groups excluding carboxylic acids is 8. The second kappa shape index (κ2) is 36.2. The fraction of sp³-hybridized carbons (Fsp3) is 0.158. The van der Waals surface area contributed by atoms with Crippen LogP contribution >= 0.6 is 0 Å². The third-order valence-corrected chi connectivity index (χ3v) is 16.3. The highest BCUT2D eigenvalue weighted by molar-refractivity contribution is 6.23. The fourth-order valence-corrected chi connectivity index (χ4v) is 10.8. The Hall–Kier alpha value is -14.6. The molecule has 0 aliphatic carbocycles. The van der Waals surface area contributed by atoms with Gasteiger partial charge in [-0.2, -0.15) is 0 Å². The number of imide groups is 3. The number of carbonyl (C=O) groups is 8. The predicted molar refractivity (Wildman–Crippen MR) is 397 cm³/mol. The number of anilines is 5. The first-order valence-electron chi connectivity index (χ1n) is 32.7. The molecule has 13 rings (SSSR count). The van der Waals surface area contributed by atoms with E-state index < -0.39 is 21.9 Å². The highest BCUT2D eigenvalue weighted by Gasteiger charge is 2.38. The minimum atomic E-state index is -0.551. The Bertz CT molecular complexity index is 5020. The second-order valence-corrected chi connectivity index (χ2v) is 23.5. The van der Waals surface area contributed by atoms with Gasteiger partial charge in [-0.15, -0.1) is 0 Å². The van der Waals surface area contributed by atoms with Crippen molar-refractivity contribution in [1.82, 2.24) is 34.6 Å². The third-order valence-electron chi connectivity index (χ3n) is 16.3. The zero-order valence-corrected chi connectivity index (χ0v) is 59.5. The van der Waals surface area contributed by atoms with Gasteiger partial charge in [0.1, 0.15) is 17.2 Å². The second-order valence-electron chi connectivity index (χ2n) is 23.5. The molecule has 0 saturated heterocycles. The molecule has 3 aliphatic rings. The molecule has 10 amide bonds. The Balaban J connectivity index is 0.000000161. The van der Waals surface area contributed by atoms with Gasteiger partial charge in [0.15, 0.2) is 23.1 Å². The highest BCUT2D eigenvalue weighted by Crippen LogP contribution is 2.34. The lowest BCUT2D eigenvalue weighted by Gasteiger charge is -2.16. The fourth-order valence-electron chi connectivity index (χ4n) is 10.8. The van der Waals surface area contributed by atoms with Crippen LogP contribution in [-0.4, -0.2) is 133 Å². The van der Waals surface area contributed by atoms with E-state index in [1.807, 2.05) is 13.0 Å². The van der Waals surface area contributed by atoms with Crippen LogP contribution in [-0.2, 0) is 32.8 Å². The number of urea groups is 2. The molecular formula is C76H71N15O18. The normalized spacial score (nSPS) is 12.0. The number of nitrogen functional groups attached to an aromatic ring is 1. The van der Waals surface area contributed by atoms with Crippen molar-refractivity contribution in [1.29, 1.82) is 0 Å². The molecule has 10 aromatic rings. The van der Waals surface area contributed by atoms with Crippen molar-refractivity contribution in [2.45, 2.75) is 46.6 Å². The summed E-state index contributed by atoms with van der Waals surface area (Å²) in [5.41, 5.74) is 20.0. The maximum atomic E-state index is 12.6. The van der Waals surface area contributed by atoms with Gasteiger partial charge in [-0.1, -0.05) is 60.7 Å². The number of aliphatic hydroxyl groups excluding tert-OH is 1. The number of benzene rings is 8. The Morgan fingerprint density at radius 3 is 1.04 bits per heavy atom. The van der Waals surface area contributed by atoms with Gasteiger partial charge in [0.25, 0.3) is 35.4 Å². The summed E-state index contributed by atoms with van der Waals surface area (Å²) in [4.78, 5) is 139. The summed E-state index contributed by atoms with van der Waals surface area (Å²) in [6, 6.07) is 43.3. The number of nitrogens with zero attached hydrogens (tertiary/aromatic N) is 9. The number of aromatic nitrogens is 4. The van der Waals surface area contributed by atoms with E-state index in [0.29, 0.717) is 103 Å². The number of nitro groups is 2. The van der Waals surface area contributed by atoms with E-state index >= 15 is 0 Å². The SMILES string of the molecule is COc1cc(CN)ccc1NC(=O)Nc1cnc(C)cn1.COc1cc(CN2C(=O)c3ccccc3C2=O)ccc1N.COc1cc(CN2C(=O)c3ccccc3C2=O)ccc1NC(=O)Nc1cnc(C)cn1.COc1cc(CN2C(=O)c3ccccc3C2=O)ccc1[N+](=O)[O-].COc1cc(CO)ccc1[N+](=O)[O-]. The number of nitro benzene ring substituents is 2. The Labute approximate surface area is 621 Å². The van der Waals surface area contributed by atoms with Crippen molar-refractivity contribution in [3.8, 4) is 28.7 Å². The van der Waals surface area contributed by atoms with E-state index in [4.69, 9.17) is 40.3 Å². The molecule has 0 saturated carbocycles. The highest BCUT2D eigenvalue weighted by atomic mass is 16.6. The maximum absolute atomic E-state index is 12.6. The molecule has 109 heavy (non-hydrogen) atoms. The van der Waals surface area contributed by atoms with Crippen LogP contribution in [0.5, 0.6) is 28.7 Å². The number of nitrogens with one attached hydrogen (secondary N) is 4. The Morgan fingerprint density at radius 2 is 0.716 bits per heavy atom. The van der Waals surface area contributed by atoms with Crippen LogP contribution in [0, 0.1) is 34.1 Å². The lowest BCUT2D eigenvalue weighted by Crippen LogP contribution is -2.29. The summed E-state index contributed by atoms with van der Waals surface area (Å²) < 4.78 is 25.5. The van der Waals surface area contributed by atoms with Crippen LogP contribution in [0.4, 0.5) is 49.7 Å². The van der Waals surface area contributed by atoms with Gasteiger partial charge >= 0.3 is 23.4 Å². The first kappa shape index (κ1) is 78.5. The molecule has 0 radical (unpaired) electrons. The molecule has 8 aromatic carbocycles. The molecule has 3 aliphatic heterocycles. The average molecular weight is 1480 g/mol. The number of methoxy groups -OCH3 is 5. The third kappa shape index (κ3) is 19.2. The smallest absolute Gasteiger partial charge is 0.324 e. The van der Waals surface area contributed by atoms with Crippen molar-refractivity contribution < 1.29 is 77.0 Å². The first-order valence-corrected chi connectivity index (χ1v) is 32.7. The summed E-state index contributed by atoms with van der Waals surface area (Å²) in [6.07, 6.45) is 6.07. The molecule has 0 spiro atoms. The van der Waals surface area contributed by atoms with Crippen molar-refractivity contribution in [3.05, 3.63) is 281 Å². The van der Waals surface area contributed by atoms with Crippen molar-refractivity contribution in [2.24, 2.45) is 5.73 Å². The molecule has 2 aromatic heterocycles. The topological polar surface area (TPSA) is 451 Å². The molecule has 33 heteroatoms. The lowest BCUT2D eigenvalue weighted by molar-refractivity contribution is -0.385. The molecule has 0 unspecified atom stereocenters. The quantitative estimate of drug-likeness (QED) is 0.0171. The number of rotatable bonds is 19. The van der Waals surface area contributed by atoms with Crippen molar-refractivity contribution in [3.63, 3.8) is 0 Å². The van der Waals surface area contributed by atoms with E-state index in [2.05, 4.69) is 41.2 Å². The molecular weight excluding hydrogens is 1410 g/mol. The van der Waals surface area contributed by atoms with E-state index in [-0.39, 0.29) is 84.6 Å². The van der Waals surface area contributed by atoms with Gasteiger partial charge in [0, 0.05) is 18.7 Å². The standard InChI is InChI=1S/C22H19N5O4.C16H12N2O5.C16H14N2O3.C14H17N5O2.C8H9NO4/c1-13-10-24-19(11-23-13)26-22(30)25-17-8-7-14(9-18(17)31-2)12-27-20(28)15-5-3-4-6-16(15)21(27)29;1-23-14-8-10(6-7-13(14)18(21)22)9-17-15(19)11-4-2-3-5-12(11)16(17)20;1-21-14-8-10(6-7-13(14)17)9-18-15(19)11-4-2-3-5-12(11)16(18)20;1-9-7-17-13(8-16-9)19-14(20)18-11-4-3-10(6-15)5-12(11)21-2;1-13-8-4-6(5-10)2-3-7(8)9(11)12/h3-11H,12H2,1-2H3,(H2,24,25,26,30);2-8H,9H2,1H3;2-8H,9,17H2,1H3;3-5,7-8H,6,15H2,1-2H3,(H2,17,18,19,20);2-4,10H,5H2,1H3. The molecule has 0 atom stereocenters. The van der Waals surface area contributed by atoms with Gasteiger partial charge < -0.3 is 50.9 Å². The van der Waals surface area contributed by atoms with Crippen LogP contribution in [0.2, 0.25) is 0 Å². The van der Waals surface area contributed by atoms with Gasteiger partial charge in [0.2, 0.25) is 0 Å². The van der Waals surface area contributed by atoms with E-state index in [1.54, 1.807) is 141 Å². The molecule has 33 nitrogen and oxygen atoms in total. The van der Waals surface area contributed by atoms with Crippen molar-refractivity contribution >= 4 is 87.6 Å². The number of hydrogen-bond donors (Lipinski definition) is 7. The number of aryl methyl sites for hydroxylation is 2. The zero-order chi connectivity index (χ0) is 78.6. The average Bonchev–Trinajstić information content (AvgIpc) is 1.64. The summed E-state index contributed by atoms with van der Waals surface area (Å²) >= 11 is 0. The Kier molecular flexibility index (Phi) is 26.1. The first-order chi connectivity index (χ1) is 52.4. The molecule has 0 fully saturated rings. The van der Waals surface area contributed by atoms with Crippen LogP contribution < -0.4 is 56.4 Å². The summed E-state index contributed by atoms with van der Waals surface area (Å²) in [6.45, 7) is 4.18. The van der Waals surface area contributed by atoms with Crippen LogP contribution in [0.1, 0.15) is 101 Å². The van der Waals surface area contributed by atoms with Crippen LogP contribution in [0.15, 0.2) is 189 Å². The van der Waals surface area contributed by atoms with Crippen LogP contribution in [0.3, 0.4) is 0 Å². The molecule has 9 N–H and O–H groups in total. The van der Waals surface area contributed by atoms with Gasteiger partial charge in [-0.25, -0.2) is 19.6 Å². The molecule has 0 bridgehead atoms. The van der Waals surface area contributed by atoms with E-state index in [9.17, 15) is 58.6 Å². The Morgan fingerprint density at radius 1 is 0.413 bits per heavy atom. The van der Waals surface area contributed by atoms with E-state index in [0.717, 1.165) is 27.4 Å². The van der Waals surface area contributed by atoms with Gasteiger partial charge in [-0.05, 0) is 133 Å². The monoisotopic (exact) mass is 1480 g/mol. The summed E-state index contributed by atoms with van der Waals surface area (Å²) in [7, 11) is 7.20. The number of nitrogens with two attached hydrogens (primary N) is 2. The predicted octanol–water partition coefficient (Wildman–Crippen LogP) is 10.7. The summed E-state index contributed by atoms with van der Waals surface area (Å²) in [5, 5.41) is 40.7. The number of ether oxygens (including phenoxy) is 5. The van der Waals surface area contributed by atoms with Crippen molar-refractivity contribution in [2.75, 3.05) is 62.5 Å². The number of amides is 10. The lowest BCUT2D eigenvalue weighted by atomic mass is 10.1. The van der Waals surface area contributed by atoms with E-state index in [1.165, 1.54) is 94.1 Å². The maximum Gasteiger partial charge on any atom is 0.324 e. The van der Waals surface area contributed by atoms with Crippen LogP contribution in [0.25, 0.3) is 0 Å². The summed E-state index contributed by atoms with van der Waals surface area (Å²) in [5.74, 6) is 0.441. The minimum Gasteiger partial charge on any atom is -0.495 e. The number of hydrogen-bond acceptors (Lipinski definition) is 24. The number of fused-ring (bicyclic) bond motifs is 3.